The first kappa shape index (κ1) is 16.6. The average molecular weight is 332 g/mol. The predicted octanol–water partition coefficient (Wildman–Crippen LogP) is 3.52. The number of pyridine rings is 1. The van der Waals surface area contributed by atoms with Crippen molar-refractivity contribution in [2.45, 2.75) is 19.9 Å². The summed E-state index contributed by atoms with van der Waals surface area (Å²) in [5.74, 6) is 0.409. The number of anilines is 2. The van der Waals surface area contributed by atoms with Crippen molar-refractivity contribution in [2.24, 2.45) is 0 Å². The fourth-order valence-corrected chi connectivity index (χ4v) is 2.44. The molecule has 1 amide bonds. The molecule has 2 aromatic heterocycles. The molecular weight excluding hydrogens is 316 g/mol. The lowest BCUT2D eigenvalue weighted by Gasteiger charge is -2.09. The predicted molar refractivity (Wildman–Crippen MR) is 91.6 cm³/mol. The maximum absolute atomic E-state index is 11.8. The maximum atomic E-state index is 11.8. The highest BCUT2D eigenvalue weighted by molar-refractivity contribution is 7.16. The van der Waals surface area contributed by atoms with E-state index in [9.17, 15) is 14.9 Å². The molecule has 0 aromatic carbocycles. The van der Waals surface area contributed by atoms with E-state index in [4.69, 9.17) is 0 Å². The normalized spacial score (nSPS) is 10.9. The van der Waals surface area contributed by atoms with E-state index in [1.54, 1.807) is 24.4 Å². The van der Waals surface area contributed by atoms with Crippen LogP contribution >= 0.6 is 11.3 Å². The van der Waals surface area contributed by atoms with Gasteiger partial charge in [0.15, 0.2) is 0 Å². The van der Waals surface area contributed by atoms with Crippen LogP contribution in [-0.2, 0) is 4.79 Å². The second-order valence-corrected chi connectivity index (χ2v) is 6.08. The monoisotopic (exact) mass is 332 g/mol. The van der Waals surface area contributed by atoms with Gasteiger partial charge in [0.2, 0.25) is 5.91 Å². The number of hydrogen-bond acceptors (Lipinski definition) is 6. The Balaban J connectivity index is 1.93. The first-order valence-corrected chi connectivity index (χ1v) is 7.71. The van der Waals surface area contributed by atoms with E-state index >= 15 is 0 Å². The first-order chi connectivity index (χ1) is 10.9. The highest BCUT2D eigenvalue weighted by atomic mass is 32.1. The van der Waals surface area contributed by atoms with Crippen molar-refractivity contribution in [3.63, 3.8) is 0 Å². The highest BCUT2D eigenvalue weighted by Gasteiger charge is 2.08. The summed E-state index contributed by atoms with van der Waals surface area (Å²) in [6.45, 7) is 4.02. The minimum Gasteiger partial charge on any atom is -0.368 e. The number of nitrogens with zero attached hydrogens (tertiary/aromatic N) is 2. The van der Waals surface area contributed by atoms with Crippen LogP contribution in [0.2, 0.25) is 0 Å². The molecule has 2 heterocycles. The molecular formula is C15H16N4O3S. The van der Waals surface area contributed by atoms with Crippen LogP contribution in [0.4, 0.5) is 16.5 Å². The minimum atomic E-state index is -0.458. The second kappa shape index (κ2) is 7.50. The molecule has 23 heavy (non-hydrogen) atoms. The topological polar surface area (TPSA) is 97.2 Å². The molecule has 0 spiro atoms. The number of nitro groups is 1. The van der Waals surface area contributed by atoms with Crippen LogP contribution in [0.5, 0.6) is 0 Å². The van der Waals surface area contributed by atoms with Crippen molar-refractivity contribution in [3.8, 4) is 0 Å². The molecule has 0 atom stereocenters. The summed E-state index contributed by atoms with van der Waals surface area (Å²) in [4.78, 5) is 26.8. The number of carbonyl (C=O) groups excluding carboxylic acids is 1. The minimum absolute atomic E-state index is 0.0440. The van der Waals surface area contributed by atoms with Gasteiger partial charge in [-0.3, -0.25) is 14.9 Å². The van der Waals surface area contributed by atoms with Crippen LogP contribution in [0.1, 0.15) is 18.7 Å². The van der Waals surface area contributed by atoms with Crippen molar-refractivity contribution in [1.82, 2.24) is 4.98 Å². The average Bonchev–Trinajstić information content (AvgIpc) is 2.96. The molecule has 8 heteroatoms. The first-order valence-electron chi connectivity index (χ1n) is 6.90. The van der Waals surface area contributed by atoms with Crippen LogP contribution in [0.15, 0.2) is 36.5 Å². The molecule has 120 valence electrons. The Morgan fingerprint density at radius 2 is 2.13 bits per heavy atom. The molecule has 2 aromatic rings. The summed E-state index contributed by atoms with van der Waals surface area (Å²) < 4.78 is 0. The molecule has 0 bridgehead atoms. The van der Waals surface area contributed by atoms with Crippen LogP contribution in [0.3, 0.4) is 0 Å². The quantitative estimate of drug-likeness (QED) is 0.479. The van der Waals surface area contributed by atoms with Gasteiger partial charge in [0.05, 0.1) is 16.8 Å². The Morgan fingerprint density at radius 3 is 2.70 bits per heavy atom. The zero-order chi connectivity index (χ0) is 16.8. The highest BCUT2D eigenvalue weighted by Crippen LogP contribution is 2.24. The van der Waals surface area contributed by atoms with E-state index in [1.807, 2.05) is 13.8 Å². The van der Waals surface area contributed by atoms with Gasteiger partial charge in [-0.2, -0.15) is 0 Å². The summed E-state index contributed by atoms with van der Waals surface area (Å²) in [5.41, 5.74) is 0.575. The second-order valence-electron chi connectivity index (χ2n) is 4.99. The van der Waals surface area contributed by atoms with Gasteiger partial charge >= 0.3 is 5.00 Å². The Kier molecular flexibility index (Phi) is 5.42. The number of nitrogens with one attached hydrogen (secondary N) is 2. The van der Waals surface area contributed by atoms with Gasteiger partial charge in [-0.05, 0) is 38.1 Å². The molecule has 2 rings (SSSR count). The fraction of sp³-hybridized carbons (Fsp3) is 0.200. The van der Waals surface area contributed by atoms with E-state index in [-0.39, 0.29) is 17.0 Å². The molecule has 0 aliphatic carbocycles. The van der Waals surface area contributed by atoms with Gasteiger partial charge in [0.25, 0.3) is 0 Å². The van der Waals surface area contributed by atoms with E-state index in [2.05, 4.69) is 15.6 Å². The van der Waals surface area contributed by atoms with E-state index in [0.29, 0.717) is 10.6 Å². The van der Waals surface area contributed by atoms with Gasteiger partial charge in [-0.1, -0.05) is 11.3 Å². The van der Waals surface area contributed by atoms with Crippen molar-refractivity contribution < 1.29 is 9.72 Å². The Hall–Kier alpha value is -2.74. The molecule has 2 N–H and O–H groups in total. The van der Waals surface area contributed by atoms with Gasteiger partial charge in [-0.15, -0.1) is 0 Å². The largest absolute Gasteiger partial charge is 0.368 e. The van der Waals surface area contributed by atoms with Crippen molar-refractivity contribution in [2.75, 3.05) is 10.6 Å². The lowest BCUT2D eigenvalue weighted by atomic mass is 10.3. The van der Waals surface area contributed by atoms with Crippen molar-refractivity contribution >= 4 is 39.8 Å². The molecule has 0 unspecified atom stereocenters. The van der Waals surface area contributed by atoms with Gasteiger partial charge in [0, 0.05) is 23.1 Å². The van der Waals surface area contributed by atoms with Crippen LogP contribution in [-0.4, -0.2) is 21.9 Å². The summed E-state index contributed by atoms with van der Waals surface area (Å²) >= 11 is 1.01. The summed E-state index contributed by atoms with van der Waals surface area (Å²) in [6, 6.07) is 6.81. The summed E-state index contributed by atoms with van der Waals surface area (Å²) in [7, 11) is 0. The molecule has 0 saturated carbocycles. The number of carbonyl (C=O) groups is 1. The fourth-order valence-electron chi connectivity index (χ4n) is 1.72. The number of amides is 1. The van der Waals surface area contributed by atoms with Crippen molar-refractivity contribution in [3.05, 3.63) is 51.5 Å². The summed E-state index contributed by atoms with van der Waals surface area (Å²) in [6.07, 6.45) is 4.43. The van der Waals surface area contributed by atoms with Gasteiger partial charge < -0.3 is 10.6 Å². The van der Waals surface area contributed by atoms with Crippen molar-refractivity contribution in [1.29, 1.82) is 0 Å². The van der Waals surface area contributed by atoms with E-state index < -0.39 is 4.92 Å². The SMILES string of the molecule is CC(C)Nc1ccc(NC(=O)/C=C/c2ccc([N+](=O)[O-])s2)cn1. The number of rotatable bonds is 6. The third-order valence-corrected chi connectivity index (χ3v) is 3.66. The standard InChI is InChI=1S/C15H16N4O3S/c1-10(2)17-13-6-3-11(9-16-13)18-14(20)7-4-12-5-8-15(23-12)19(21)22/h3-10H,1-2H3,(H,16,17)(H,18,20)/b7-4+. The van der Waals surface area contributed by atoms with Gasteiger partial charge in [0.1, 0.15) is 5.82 Å². The molecule has 0 radical (unpaired) electrons. The maximum Gasteiger partial charge on any atom is 0.324 e. The number of aromatic nitrogens is 1. The zero-order valence-corrected chi connectivity index (χ0v) is 13.5. The molecule has 0 aliphatic rings. The number of thiophene rings is 1. The Labute approximate surface area is 137 Å². The Bertz CT molecular complexity index is 723. The lowest BCUT2D eigenvalue weighted by molar-refractivity contribution is -0.380. The molecule has 0 saturated heterocycles. The third kappa shape index (κ3) is 5.19. The van der Waals surface area contributed by atoms with Crippen LogP contribution < -0.4 is 10.6 Å². The lowest BCUT2D eigenvalue weighted by Crippen LogP contribution is -2.12. The molecule has 0 aliphatic heterocycles. The van der Waals surface area contributed by atoms with E-state index in [1.165, 1.54) is 18.2 Å². The number of hydrogen-bond donors (Lipinski definition) is 2. The summed E-state index contributed by atoms with van der Waals surface area (Å²) in [5, 5.41) is 16.5. The molecule has 7 nitrogen and oxygen atoms in total. The smallest absolute Gasteiger partial charge is 0.324 e. The zero-order valence-electron chi connectivity index (χ0n) is 12.6. The molecule has 0 fully saturated rings. The van der Waals surface area contributed by atoms with Crippen LogP contribution in [0, 0.1) is 10.1 Å². The third-order valence-electron chi connectivity index (χ3n) is 2.66. The van der Waals surface area contributed by atoms with E-state index in [0.717, 1.165) is 17.2 Å². The van der Waals surface area contributed by atoms with Gasteiger partial charge in [-0.25, -0.2) is 4.98 Å². The Morgan fingerprint density at radius 1 is 1.35 bits per heavy atom. The van der Waals surface area contributed by atoms with Crippen LogP contribution in [0.25, 0.3) is 6.08 Å².